The molecule has 0 bridgehead atoms. The summed E-state index contributed by atoms with van der Waals surface area (Å²) >= 11 is 5.70. The predicted octanol–water partition coefficient (Wildman–Crippen LogP) is 3.37. The van der Waals surface area contributed by atoms with Crippen LogP contribution < -0.4 is 0 Å². The molecule has 1 atom stereocenters. The smallest absolute Gasteiger partial charge is 0.335 e. The Hall–Kier alpha value is -2.34. The minimum atomic E-state index is -0.934. The molecular weight excluding hydrogens is 344 g/mol. The van der Waals surface area contributed by atoms with Crippen LogP contribution >= 0.6 is 11.6 Å². The topological polar surface area (TPSA) is 83.6 Å². The highest BCUT2D eigenvalue weighted by molar-refractivity contribution is 6.29. The third-order valence-corrected chi connectivity index (χ3v) is 4.67. The fourth-order valence-corrected chi connectivity index (χ4v) is 3.35. The van der Waals surface area contributed by atoms with Crippen LogP contribution in [0.15, 0.2) is 34.9 Å². The van der Waals surface area contributed by atoms with Gasteiger partial charge in [0.25, 0.3) is 0 Å². The Kier molecular flexibility index (Phi) is 5.38. The van der Waals surface area contributed by atoms with Gasteiger partial charge in [0.2, 0.25) is 5.91 Å². The first-order valence-electron chi connectivity index (χ1n) is 8.25. The molecule has 6 nitrogen and oxygen atoms in total. The Morgan fingerprint density at radius 3 is 2.92 bits per heavy atom. The van der Waals surface area contributed by atoms with Crippen molar-refractivity contribution in [2.75, 3.05) is 13.1 Å². The second kappa shape index (κ2) is 7.70. The number of carbonyl (C=O) groups is 2. The zero-order valence-electron chi connectivity index (χ0n) is 13.7. The molecule has 2 aromatic rings. The highest BCUT2D eigenvalue weighted by Crippen LogP contribution is 2.28. The van der Waals surface area contributed by atoms with Crippen molar-refractivity contribution in [2.45, 2.75) is 31.6 Å². The van der Waals surface area contributed by atoms with Gasteiger partial charge in [0.05, 0.1) is 5.56 Å². The van der Waals surface area contributed by atoms with Gasteiger partial charge in [-0.3, -0.25) is 4.79 Å². The molecule has 0 aliphatic carbocycles. The first kappa shape index (κ1) is 17.5. The van der Waals surface area contributed by atoms with Crippen LogP contribution in [0.2, 0.25) is 5.15 Å². The Morgan fingerprint density at radius 1 is 1.36 bits per heavy atom. The summed E-state index contributed by atoms with van der Waals surface area (Å²) in [6.07, 6.45) is 2.66. The van der Waals surface area contributed by atoms with Crippen molar-refractivity contribution in [3.8, 4) is 0 Å². The van der Waals surface area contributed by atoms with E-state index in [-0.39, 0.29) is 17.4 Å². The van der Waals surface area contributed by atoms with E-state index in [2.05, 4.69) is 5.16 Å². The molecule has 0 radical (unpaired) electrons. The summed E-state index contributed by atoms with van der Waals surface area (Å²) in [5, 5.41) is 13.0. The monoisotopic (exact) mass is 362 g/mol. The van der Waals surface area contributed by atoms with Crippen molar-refractivity contribution in [2.24, 2.45) is 0 Å². The van der Waals surface area contributed by atoms with E-state index in [0.29, 0.717) is 30.3 Å². The third kappa shape index (κ3) is 4.39. The number of carboxylic acids is 1. The summed E-state index contributed by atoms with van der Waals surface area (Å²) in [6.45, 7) is 1.34. The molecule has 1 fully saturated rings. The summed E-state index contributed by atoms with van der Waals surface area (Å²) in [7, 11) is 0. The molecule has 132 valence electrons. The van der Waals surface area contributed by atoms with Gasteiger partial charge < -0.3 is 14.5 Å². The number of aromatic nitrogens is 1. The summed E-state index contributed by atoms with van der Waals surface area (Å²) in [4.78, 5) is 25.5. The zero-order chi connectivity index (χ0) is 17.8. The van der Waals surface area contributed by atoms with Crippen LogP contribution in [0.4, 0.5) is 0 Å². The van der Waals surface area contributed by atoms with E-state index in [1.54, 1.807) is 24.3 Å². The van der Waals surface area contributed by atoms with Crippen LogP contribution in [-0.2, 0) is 11.2 Å². The van der Waals surface area contributed by atoms with Gasteiger partial charge in [-0.25, -0.2) is 4.79 Å². The van der Waals surface area contributed by atoms with Crippen LogP contribution in [-0.4, -0.2) is 40.1 Å². The number of piperidine rings is 1. The Labute approximate surface area is 150 Å². The minimum Gasteiger partial charge on any atom is -0.478 e. The summed E-state index contributed by atoms with van der Waals surface area (Å²) in [5.74, 6) is -0.110. The molecule has 1 aliphatic heterocycles. The van der Waals surface area contributed by atoms with Gasteiger partial charge >= 0.3 is 5.97 Å². The van der Waals surface area contributed by atoms with Crippen molar-refractivity contribution >= 4 is 23.5 Å². The maximum atomic E-state index is 12.5. The maximum Gasteiger partial charge on any atom is 0.335 e. The second-order valence-electron chi connectivity index (χ2n) is 6.23. The number of hydrogen-bond donors (Lipinski definition) is 1. The second-order valence-corrected chi connectivity index (χ2v) is 6.61. The number of rotatable bonds is 5. The Morgan fingerprint density at radius 2 is 2.20 bits per heavy atom. The predicted molar refractivity (Wildman–Crippen MR) is 91.8 cm³/mol. The van der Waals surface area contributed by atoms with Crippen molar-refractivity contribution in [3.05, 3.63) is 52.4 Å². The quantitative estimate of drug-likeness (QED) is 0.881. The number of hydrogen-bond acceptors (Lipinski definition) is 4. The molecule has 1 amide bonds. The Balaban J connectivity index is 1.61. The summed E-state index contributed by atoms with van der Waals surface area (Å²) in [6, 6.07) is 8.59. The van der Waals surface area contributed by atoms with E-state index in [0.717, 1.165) is 24.9 Å². The highest BCUT2D eigenvalue weighted by Gasteiger charge is 2.25. The van der Waals surface area contributed by atoms with Crippen LogP contribution in [0, 0.1) is 0 Å². The lowest BCUT2D eigenvalue weighted by Crippen LogP contribution is -2.39. The molecule has 1 aliphatic rings. The van der Waals surface area contributed by atoms with Crippen molar-refractivity contribution < 1.29 is 19.2 Å². The molecule has 0 saturated carbocycles. The lowest BCUT2D eigenvalue weighted by molar-refractivity contribution is -0.132. The van der Waals surface area contributed by atoms with Crippen LogP contribution in [0.25, 0.3) is 0 Å². The first-order chi connectivity index (χ1) is 12.0. The highest BCUT2D eigenvalue weighted by atomic mass is 35.5. The van der Waals surface area contributed by atoms with Gasteiger partial charge in [0.15, 0.2) is 5.15 Å². The summed E-state index contributed by atoms with van der Waals surface area (Å²) in [5.41, 5.74) is 1.25. The molecule has 3 rings (SSSR count). The number of carboxylic acid groups (broad SMARTS) is 1. The normalized spacial score (nSPS) is 17.5. The molecule has 1 aromatic carbocycles. The molecule has 1 aromatic heterocycles. The molecule has 0 spiro atoms. The van der Waals surface area contributed by atoms with Crippen molar-refractivity contribution in [3.63, 3.8) is 0 Å². The van der Waals surface area contributed by atoms with Crippen molar-refractivity contribution in [1.29, 1.82) is 0 Å². The number of nitrogens with zero attached hydrogens (tertiary/aromatic N) is 2. The Bertz CT molecular complexity index is 774. The van der Waals surface area contributed by atoms with E-state index in [9.17, 15) is 9.59 Å². The average Bonchev–Trinajstić information content (AvgIpc) is 3.05. The maximum absolute atomic E-state index is 12.5. The van der Waals surface area contributed by atoms with Crippen LogP contribution in [0.5, 0.6) is 0 Å². The summed E-state index contributed by atoms with van der Waals surface area (Å²) < 4.78 is 5.02. The fraction of sp³-hybridized carbons (Fsp3) is 0.389. The van der Waals surface area contributed by atoms with Gasteiger partial charge in [0, 0.05) is 37.9 Å². The number of carbonyl (C=O) groups excluding carboxylic acids is 1. The lowest BCUT2D eigenvalue weighted by atomic mass is 9.89. The van der Waals surface area contributed by atoms with Crippen LogP contribution in [0.3, 0.4) is 0 Å². The largest absolute Gasteiger partial charge is 0.478 e. The van der Waals surface area contributed by atoms with E-state index in [1.165, 1.54) is 0 Å². The van der Waals surface area contributed by atoms with Gasteiger partial charge in [-0.15, -0.1) is 0 Å². The molecule has 1 saturated heterocycles. The minimum absolute atomic E-state index is 0.0617. The standard InChI is InChI=1S/C18H19ClN2O4/c19-16-10-15(25-20-16)6-7-17(22)21-8-2-5-14(11-21)12-3-1-4-13(9-12)18(23)24/h1,3-4,9-10,14H,2,5-8,11H2,(H,23,24)/t14-/m0/s1. The van der Waals surface area contributed by atoms with E-state index < -0.39 is 5.97 Å². The molecule has 1 N–H and O–H groups in total. The number of benzene rings is 1. The number of aromatic carboxylic acids is 1. The SMILES string of the molecule is O=C(O)c1cccc([C@H]2CCCN(C(=O)CCc3cc(Cl)no3)C2)c1. The average molecular weight is 363 g/mol. The fourth-order valence-electron chi connectivity index (χ4n) is 3.20. The van der Waals surface area contributed by atoms with Crippen molar-refractivity contribution in [1.82, 2.24) is 10.1 Å². The lowest BCUT2D eigenvalue weighted by Gasteiger charge is -2.33. The zero-order valence-corrected chi connectivity index (χ0v) is 14.4. The van der Waals surface area contributed by atoms with E-state index in [4.69, 9.17) is 21.2 Å². The molecular formula is C18H19ClN2O4. The molecule has 25 heavy (non-hydrogen) atoms. The van der Waals surface area contributed by atoms with E-state index in [1.807, 2.05) is 11.0 Å². The number of amides is 1. The van der Waals surface area contributed by atoms with Gasteiger partial charge in [0.1, 0.15) is 5.76 Å². The third-order valence-electron chi connectivity index (χ3n) is 4.49. The number of likely N-dealkylation sites (tertiary alicyclic amines) is 1. The number of aryl methyl sites for hydroxylation is 1. The van der Waals surface area contributed by atoms with Gasteiger partial charge in [-0.05, 0) is 30.5 Å². The molecule has 2 heterocycles. The molecule has 7 heteroatoms. The molecule has 0 unspecified atom stereocenters. The van der Waals surface area contributed by atoms with Crippen LogP contribution in [0.1, 0.15) is 46.9 Å². The first-order valence-corrected chi connectivity index (χ1v) is 8.63. The van der Waals surface area contributed by atoms with Gasteiger partial charge in [-0.2, -0.15) is 0 Å². The van der Waals surface area contributed by atoms with Gasteiger partial charge in [-0.1, -0.05) is 28.9 Å². The number of halogens is 1. The van der Waals surface area contributed by atoms with E-state index >= 15 is 0 Å².